The minimum Gasteiger partial charge on any atom is -0.481 e. The van der Waals surface area contributed by atoms with Crippen molar-refractivity contribution in [2.45, 2.75) is 52.8 Å². The molecule has 0 bridgehead atoms. The lowest BCUT2D eigenvalue weighted by Crippen LogP contribution is -2.40. The average molecular weight is 457 g/mol. The number of rotatable bonds is 8. The lowest BCUT2D eigenvalue weighted by Gasteiger charge is -2.38. The second-order valence-corrected chi connectivity index (χ2v) is 9.15. The predicted octanol–water partition coefficient (Wildman–Crippen LogP) is 5.78. The quantitative estimate of drug-likeness (QED) is 0.431. The molecule has 0 spiro atoms. The molecule has 4 heteroatoms. The molecule has 3 aromatic carbocycles. The Morgan fingerprint density at radius 1 is 1.03 bits per heavy atom. The third kappa shape index (κ3) is 5.34. The van der Waals surface area contributed by atoms with Crippen LogP contribution < -0.4 is 4.74 Å². The van der Waals surface area contributed by atoms with Gasteiger partial charge in [-0.2, -0.15) is 0 Å². The van der Waals surface area contributed by atoms with Crippen LogP contribution in [0.3, 0.4) is 0 Å². The van der Waals surface area contributed by atoms with Gasteiger partial charge in [0.25, 0.3) is 5.91 Å². The maximum Gasteiger partial charge on any atom is 0.263 e. The second-order valence-electron chi connectivity index (χ2n) is 9.15. The second kappa shape index (κ2) is 10.9. The first-order valence-corrected chi connectivity index (χ1v) is 12.4. The summed E-state index contributed by atoms with van der Waals surface area (Å²) in [6.45, 7) is 11.3. The maximum atomic E-state index is 12.8. The Hall–Kier alpha value is -3.11. The van der Waals surface area contributed by atoms with Crippen LogP contribution in [0.15, 0.2) is 72.8 Å². The minimum absolute atomic E-state index is 0.0309. The fourth-order valence-electron chi connectivity index (χ4n) is 5.01. The Kier molecular flexibility index (Phi) is 7.69. The summed E-state index contributed by atoms with van der Waals surface area (Å²) in [5.41, 5.74) is 6.51. The molecule has 0 N–H and O–H groups in total. The summed E-state index contributed by atoms with van der Waals surface area (Å²) < 4.78 is 6.17. The molecule has 0 radical (unpaired) electrons. The number of aryl methyl sites for hydroxylation is 1. The van der Waals surface area contributed by atoms with Gasteiger partial charge < -0.3 is 9.64 Å². The fourth-order valence-corrected chi connectivity index (χ4v) is 5.01. The third-order valence-corrected chi connectivity index (χ3v) is 6.76. The summed E-state index contributed by atoms with van der Waals surface area (Å²) in [5, 5.41) is 0. The zero-order valence-corrected chi connectivity index (χ0v) is 20.8. The molecule has 0 saturated heterocycles. The standard InChI is InChI=1S/C30H36N2O2/c1-5-31(6-2)30(33)23(4)34-27-16-15-25-17-18-32(21-24-12-10-11-22(3)19-24)29(28(25)20-27)26-13-8-7-9-14-26/h7-16,19-20,23,29H,5-6,17-18,21H2,1-4H3. The summed E-state index contributed by atoms with van der Waals surface area (Å²) in [5.74, 6) is 0.786. The Morgan fingerprint density at radius 3 is 2.50 bits per heavy atom. The number of likely N-dealkylation sites (N-methyl/N-ethyl adjacent to an activating group) is 1. The molecular weight excluding hydrogens is 420 g/mol. The monoisotopic (exact) mass is 456 g/mol. The smallest absolute Gasteiger partial charge is 0.263 e. The number of ether oxygens (including phenoxy) is 1. The Bertz CT molecular complexity index is 1110. The highest BCUT2D eigenvalue weighted by Gasteiger charge is 2.30. The molecule has 178 valence electrons. The number of carbonyl (C=O) groups excluding carboxylic acids is 1. The lowest BCUT2D eigenvalue weighted by atomic mass is 9.87. The van der Waals surface area contributed by atoms with E-state index in [4.69, 9.17) is 4.74 Å². The number of amides is 1. The topological polar surface area (TPSA) is 32.8 Å². The zero-order chi connectivity index (χ0) is 24.1. The van der Waals surface area contributed by atoms with Crippen molar-refractivity contribution in [3.63, 3.8) is 0 Å². The van der Waals surface area contributed by atoms with Gasteiger partial charge in [-0.3, -0.25) is 9.69 Å². The molecule has 1 amide bonds. The van der Waals surface area contributed by atoms with Gasteiger partial charge in [0.2, 0.25) is 0 Å². The number of fused-ring (bicyclic) bond motifs is 1. The molecule has 2 atom stereocenters. The van der Waals surface area contributed by atoms with Crippen LogP contribution in [0.25, 0.3) is 0 Å². The average Bonchev–Trinajstić information content (AvgIpc) is 2.85. The highest BCUT2D eigenvalue weighted by atomic mass is 16.5. The van der Waals surface area contributed by atoms with E-state index in [9.17, 15) is 4.79 Å². The van der Waals surface area contributed by atoms with Gasteiger partial charge in [0.05, 0.1) is 6.04 Å². The number of nitrogens with zero attached hydrogens (tertiary/aromatic N) is 2. The van der Waals surface area contributed by atoms with Gasteiger partial charge in [-0.05, 0) is 68.5 Å². The van der Waals surface area contributed by atoms with Crippen molar-refractivity contribution in [2.75, 3.05) is 19.6 Å². The normalized spacial score (nSPS) is 16.5. The SMILES string of the molecule is CCN(CC)C(=O)C(C)Oc1ccc2c(c1)C(c1ccccc1)N(Cc1cccc(C)c1)CC2. The molecule has 1 aliphatic heterocycles. The van der Waals surface area contributed by atoms with Gasteiger partial charge in [0.1, 0.15) is 5.75 Å². The van der Waals surface area contributed by atoms with Crippen LogP contribution in [-0.4, -0.2) is 41.4 Å². The first kappa shape index (κ1) is 24.0. The van der Waals surface area contributed by atoms with E-state index in [0.29, 0.717) is 13.1 Å². The van der Waals surface area contributed by atoms with E-state index in [1.807, 2.05) is 31.7 Å². The summed E-state index contributed by atoms with van der Waals surface area (Å²) in [4.78, 5) is 17.1. The Morgan fingerprint density at radius 2 is 1.79 bits per heavy atom. The van der Waals surface area contributed by atoms with Crippen LogP contribution >= 0.6 is 0 Å². The largest absolute Gasteiger partial charge is 0.481 e. The Labute approximate surface area is 204 Å². The fraction of sp³-hybridized carbons (Fsp3) is 0.367. The van der Waals surface area contributed by atoms with Crippen LogP contribution in [0.1, 0.15) is 54.6 Å². The van der Waals surface area contributed by atoms with E-state index in [1.165, 1.54) is 27.8 Å². The Balaban J connectivity index is 1.65. The molecule has 34 heavy (non-hydrogen) atoms. The third-order valence-electron chi connectivity index (χ3n) is 6.76. The van der Waals surface area contributed by atoms with E-state index < -0.39 is 6.10 Å². The van der Waals surface area contributed by atoms with Crippen LogP contribution in [0, 0.1) is 6.92 Å². The van der Waals surface area contributed by atoms with Crippen molar-refractivity contribution in [2.24, 2.45) is 0 Å². The molecule has 1 aliphatic rings. The molecule has 4 nitrogen and oxygen atoms in total. The van der Waals surface area contributed by atoms with Crippen molar-refractivity contribution in [1.29, 1.82) is 0 Å². The van der Waals surface area contributed by atoms with E-state index in [-0.39, 0.29) is 11.9 Å². The first-order chi connectivity index (χ1) is 16.5. The molecule has 2 unspecified atom stereocenters. The summed E-state index contributed by atoms with van der Waals surface area (Å²) >= 11 is 0. The molecule has 4 rings (SSSR count). The maximum absolute atomic E-state index is 12.8. The zero-order valence-electron chi connectivity index (χ0n) is 20.8. The minimum atomic E-state index is -0.514. The van der Waals surface area contributed by atoms with Gasteiger partial charge in [0.15, 0.2) is 6.10 Å². The van der Waals surface area contributed by atoms with Gasteiger partial charge in [0, 0.05) is 26.2 Å². The highest BCUT2D eigenvalue weighted by Crippen LogP contribution is 2.38. The number of carbonyl (C=O) groups is 1. The van der Waals surface area contributed by atoms with Crippen molar-refractivity contribution in [1.82, 2.24) is 9.80 Å². The molecule has 0 saturated carbocycles. The van der Waals surface area contributed by atoms with Gasteiger partial charge in [-0.15, -0.1) is 0 Å². The molecule has 0 aliphatic carbocycles. The van der Waals surface area contributed by atoms with Crippen molar-refractivity contribution >= 4 is 5.91 Å². The van der Waals surface area contributed by atoms with Crippen LogP contribution in [0.5, 0.6) is 5.75 Å². The van der Waals surface area contributed by atoms with Crippen LogP contribution in [0.4, 0.5) is 0 Å². The molecule has 0 fully saturated rings. The first-order valence-electron chi connectivity index (χ1n) is 12.4. The summed E-state index contributed by atoms with van der Waals surface area (Å²) in [6.07, 6.45) is 0.485. The van der Waals surface area contributed by atoms with Gasteiger partial charge >= 0.3 is 0 Å². The summed E-state index contributed by atoms with van der Waals surface area (Å²) in [6, 6.07) is 26.0. The van der Waals surface area contributed by atoms with E-state index in [0.717, 1.165) is 25.3 Å². The predicted molar refractivity (Wildman–Crippen MR) is 138 cm³/mol. The number of hydrogen-bond donors (Lipinski definition) is 0. The molecule has 0 aromatic heterocycles. The van der Waals surface area contributed by atoms with E-state index in [1.54, 1.807) is 0 Å². The van der Waals surface area contributed by atoms with Crippen molar-refractivity contribution in [3.8, 4) is 5.75 Å². The number of hydrogen-bond acceptors (Lipinski definition) is 3. The van der Waals surface area contributed by atoms with Crippen molar-refractivity contribution in [3.05, 3.63) is 101 Å². The molecule has 3 aromatic rings. The summed E-state index contributed by atoms with van der Waals surface area (Å²) in [7, 11) is 0. The van der Waals surface area contributed by atoms with E-state index >= 15 is 0 Å². The van der Waals surface area contributed by atoms with Gasteiger partial charge in [-0.25, -0.2) is 0 Å². The molecule has 1 heterocycles. The van der Waals surface area contributed by atoms with E-state index in [2.05, 4.69) is 78.6 Å². The van der Waals surface area contributed by atoms with Crippen LogP contribution in [-0.2, 0) is 17.8 Å². The molecular formula is C30H36N2O2. The van der Waals surface area contributed by atoms with Crippen molar-refractivity contribution < 1.29 is 9.53 Å². The lowest BCUT2D eigenvalue weighted by molar-refractivity contribution is -0.137. The van der Waals surface area contributed by atoms with Crippen LogP contribution in [0.2, 0.25) is 0 Å². The van der Waals surface area contributed by atoms with Gasteiger partial charge in [-0.1, -0.05) is 66.2 Å². The highest BCUT2D eigenvalue weighted by molar-refractivity contribution is 5.80. The number of benzene rings is 3.